The fourth-order valence-electron chi connectivity index (χ4n) is 2.16. The Morgan fingerprint density at radius 2 is 2.31 bits per heavy atom. The van der Waals surface area contributed by atoms with Crippen molar-refractivity contribution in [3.05, 3.63) is 0 Å². The number of hydrogen-bond acceptors (Lipinski definition) is 4. The van der Waals surface area contributed by atoms with Crippen LogP contribution in [0.25, 0.3) is 0 Å². The fraction of sp³-hybridized carbons (Fsp3) is 0.800. The lowest BCUT2D eigenvalue weighted by molar-refractivity contribution is -0.129. The Morgan fingerprint density at radius 1 is 1.50 bits per heavy atom. The second kappa shape index (κ2) is 4.80. The molecule has 6 nitrogen and oxygen atoms in total. The predicted molar refractivity (Wildman–Crippen MR) is 56.8 cm³/mol. The topological polar surface area (TPSA) is 72.9 Å². The van der Waals surface area contributed by atoms with Gasteiger partial charge >= 0.3 is 6.03 Å². The van der Waals surface area contributed by atoms with Gasteiger partial charge < -0.3 is 10.4 Å². The van der Waals surface area contributed by atoms with Crippen LogP contribution in [-0.4, -0.2) is 65.7 Å². The van der Waals surface area contributed by atoms with E-state index in [0.717, 1.165) is 19.4 Å². The molecular formula is C10H17N3O3. The van der Waals surface area contributed by atoms with E-state index in [9.17, 15) is 14.7 Å². The van der Waals surface area contributed by atoms with Crippen LogP contribution in [-0.2, 0) is 4.79 Å². The standard InChI is InChI=1S/C10H17N3O3/c14-8-2-1-4-12(6-8)7-9(15)13-5-3-11-10(13)16/h8,14H,1-7H2,(H,11,16)/t8-/m0/s1. The molecule has 2 aliphatic rings. The minimum atomic E-state index is -0.339. The van der Waals surface area contributed by atoms with Crippen molar-refractivity contribution in [1.82, 2.24) is 15.1 Å². The molecule has 0 aromatic carbocycles. The first kappa shape index (κ1) is 11.3. The van der Waals surface area contributed by atoms with E-state index in [-0.39, 0.29) is 24.6 Å². The summed E-state index contributed by atoms with van der Waals surface area (Å²) >= 11 is 0. The highest BCUT2D eigenvalue weighted by atomic mass is 16.3. The summed E-state index contributed by atoms with van der Waals surface area (Å²) in [6.45, 7) is 2.56. The summed E-state index contributed by atoms with van der Waals surface area (Å²) in [5.74, 6) is -0.177. The number of imide groups is 1. The number of likely N-dealkylation sites (tertiary alicyclic amines) is 1. The highest BCUT2D eigenvalue weighted by Crippen LogP contribution is 2.10. The number of amides is 3. The van der Waals surface area contributed by atoms with E-state index in [2.05, 4.69) is 5.32 Å². The molecule has 0 aliphatic carbocycles. The first-order chi connectivity index (χ1) is 7.66. The normalized spacial score (nSPS) is 26.9. The van der Waals surface area contributed by atoms with Crippen molar-refractivity contribution in [2.24, 2.45) is 0 Å². The molecule has 0 saturated carbocycles. The number of aliphatic hydroxyl groups is 1. The molecule has 2 saturated heterocycles. The van der Waals surface area contributed by atoms with E-state index in [1.807, 2.05) is 4.90 Å². The Hall–Kier alpha value is -1.14. The first-order valence-corrected chi connectivity index (χ1v) is 5.65. The third-order valence-corrected chi connectivity index (χ3v) is 3.00. The average Bonchev–Trinajstić information content (AvgIpc) is 2.64. The molecule has 2 heterocycles. The number of hydrogen-bond donors (Lipinski definition) is 2. The number of rotatable bonds is 2. The van der Waals surface area contributed by atoms with E-state index in [4.69, 9.17) is 0 Å². The first-order valence-electron chi connectivity index (χ1n) is 5.65. The average molecular weight is 227 g/mol. The van der Waals surface area contributed by atoms with E-state index < -0.39 is 0 Å². The largest absolute Gasteiger partial charge is 0.392 e. The van der Waals surface area contributed by atoms with E-state index in [0.29, 0.717) is 19.6 Å². The molecule has 1 atom stereocenters. The Balaban J connectivity index is 1.84. The van der Waals surface area contributed by atoms with Gasteiger partial charge in [-0.3, -0.25) is 14.6 Å². The Kier molecular flexibility index (Phi) is 3.40. The van der Waals surface area contributed by atoms with Crippen LogP contribution in [0.2, 0.25) is 0 Å². The molecule has 0 spiro atoms. The van der Waals surface area contributed by atoms with Crippen molar-refractivity contribution in [3.8, 4) is 0 Å². The van der Waals surface area contributed by atoms with Gasteiger partial charge in [0.1, 0.15) is 0 Å². The van der Waals surface area contributed by atoms with Crippen molar-refractivity contribution in [3.63, 3.8) is 0 Å². The van der Waals surface area contributed by atoms with Gasteiger partial charge in [-0.15, -0.1) is 0 Å². The molecule has 0 radical (unpaired) electrons. The van der Waals surface area contributed by atoms with E-state index in [1.54, 1.807) is 0 Å². The maximum absolute atomic E-state index is 11.8. The summed E-state index contributed by atoms with van der Waals surface area (Å²) in [6, 6.07) is -0.303. The van der Waals surface area contributed by atoms with Gasteiger partial charge in [0, 0.05) is 19.6 Å². The molecule has 6 heteroatoms. The molecule has 0 bridgehead atoms. The maximum atomic E-state index is 11.8. The molecule has 90 valence electrons. The zero-order valence-corrected chi connectivity index (χ0v) is 9.19. The number of carbonyl (C=O) groups excluding carboxylic acids is 2. The highest BCUT2D eigenvalue weighted by Gasteiger charge is 2.28. The molecule has 2 fully saturated rings. The van der Waals surface area contributed by atoms with Crippen LogP contribution in [0.4, 0.5) is 4.79 Å². The number of nitrogens with one attached hydrogen (secondary N) is 1. The Morgan fingerprint density at radius 3 is 2.94 bits per heavy atom. The summed E-state index contributed by atoms with van der Waals surface area (Å²) in [4.78, 5) is 26.2. The number of piperidine rings is 1. The van der Waals surface area contributed by atoms with Gasteiger partial charge in [0.05, 0.1) is 12.6 Å². The van der Waals surface area contributed by atoms with Crippen LogP contribution in [0.15, 0.2) is 0 Å². The monoisotopic (exact) mass is 227 g/mol. The minimum Gasteiger partial charge on any atom is -0.392 e. The quantitative estimate of drug-likeness (QED) is 0.634. The Bertz CT molecular complexity index is 295. The van der Waals surface area contributed by atoms with Crippen LogP contribution >= 0.6 is 0 Å². The maximum Gasteiger partial charge on any atom is 0.324 e. The van der Waals surface area contributed by atoms with Crippen LogP contribution in [0.1, 0.15) is 12.8 Å². The molecule has 0 aromatic heterocycles. The zero-order chi connectivity index (χ0) is 11.5. The van der Waals surface area contributed by atoms with E-state index in [1.165, 1.54) is 4.90 Å². The van der Waals surface area contributed by atoms with Gasteiger partial charge in [-0.25, -0.2) is 4.79 Å². The summed E-state index contributed by atoms with van der Waals surface area (Å²) < 4.78 is 0. The van der Waals surface area contributed by atoms with Gasteiger partial charge in [-0.1, -0.05) is 0 Å². The second-order valence-electron chi connectivity index (χ2n) is 4.31. The lowest BCUT2D eigenvalue weighted by Crippen LogP contribution is -2.46. The van der Waals surface area contributed by atoms with Gasteiger partial charge in [0.2, 0.25) is 5.91 Å². The van der Waals surface area contributed by atoms with Crippen molar-refractivity contribution >= 4 is 11.9 Å². The molecule has 0 aromatic rings. The highest BCUT2D eigenvalue weighted by molar-refractivity contribution is 5.96. The fourth-order valence-corrected chi connectivity index (χ4v) is 2.16. The summed E-state index contributed by atoms with van der Waals surface area (Å²) in [5, 5.41) is 12.1. The van der Waals surface area contributed by atoms with Crippen LogP contribution < -0.4 is 5.32 Å². The zero-order valence-electron chi connectivity index (χ0n) is 9.19. The molecule has 2 N–H and O–H groups in total. The smallest absolute Gasteiger partial charge is 0.324 e. The van der Waals surface area contributed by atoms with Gasteiger partial charge in [0.25, 0.3) is 0 Å². The van der Waals surface area contributed by atoms with Crippen molar-refractivity contribution < 1.29 is 14.7 Å². The third-order valence-electron chi connectivity index (χ3n) is 3.00. The Labute approximate surface area is 94.2 Å². The molecule has 0 unspecified atom stereocenters. The van der Waals surface area contributed by atoms with Crippen molar-refractivity contribution in [2.75, 3.05) is 32.7 Å². The SMILES string of the molecule is O=C(CN1CCC[C@H](O)C1)N1CCNC1=O. The number of nitrogens with zero attached hydrogens (tertiary/aromatic N) is 2. The summed E-state index contributed by atoms with van der Waals surface area (Å²) in [5.41, 5.74) is 0. The van der Waals surface area contributed by atoms with Crippen molar-refractivity contribution in [2.45, 2.75) is 18.9 Å². The number of carbonyl (C=O) groups is 2. The summed E-state index contributed by atoms with van der Waals surface area (Å²) in [7, 11) is 0. The molecule has 2 rings (SSSR count). The van der Waals surface area contributed by atoms with Crippen molar-refractivity contribution in [1.29, 1.82) is 0 Å². The number of aliphatic hydroxyl groups excluding tert-OH is 1. The number of urea groups is 1. The molecule has 2 aliphatic heterocycles. The van der Waals surface area contributed by atoms with Gasteiger partial charge in [-0.2, -0.15) is 0 Å². The molecule has 16 heavy (non-hydrogen) atoms. The minimum absolute atomic E-state index is 0.177. The number of β-amino-alcohol motifs (C(OH)–C–C–N with tert-alkyl or cyclic N) is 1. The van der Waals surface area contributed by atoms with E-state index >= 15 is 0 Å². The van der Waals surface area contributed by atoms with Crippen LogP contribution in [0.5, 0.6) is 0 Å². The summed E-state index contributed by atoms with van der Waals surface area (Å²) in [6.07, 6.45) is 1.36. The molecular weight excluding hydrogens is 210 g/mol. The molecule has 3 amide bonds. The second-order valence-corrected chi connectivity index (χ2v) is 4.31. The lowest BCUT2D eigenvalue weighted by atomic mass is 10.1. The van der Waals surface area contributed by atoms with Gasteiger partial charge in [-0.05, 0) is 19.4 Å². The lowest BCUT2D eigenvalue weighted by Gasteiger charge is -2.30. The van der Waals surface area contributed by atoms with Gasteiger partial charge in [0.15, 0.2) is 0 Å². The van der Waals surface area contributed by atoms with Crippen LogP contribution in [0, 0.1) is 0 Å². The predicted octanol–water partition coefficient (Wildman–Crippen LogP) is -1.01. The third kappa shape index (κ3) is 2.51. The van der Waals surface area contributed by atoms with Crippen LogP contribution in [0.3, 0.4) is 0 Å².